The molecule has 0 bridgehead atoms. The van der Waals surface area contributed by atoms with Gasteiger partial charge in [-0.25, -0.2) is 4.79 Å². The van der Waals surface area contributed by atoms with E-state index in [1.807, 2.05) is 28.9 Å². The fourth-order valence-corrected chi connectivity index (χ4v) is 2.21. The first-order valence-corrected chi connectivity index (χ1v) is 6.62. The Labute approximate surface area is 122 Å². The number of hydrogen-bond donors (Lipinski definition) is 1. The maximum Gasteiger partial charge on any atom is 0.336 e. The van der Waals surface area contributed by atoms with E-state index in [-0.39, 0.29) is 5.56 Å². The van der Waals surface area contributed by atoms with E-state index in [1.165, 1.54) is 0 Å². The second-order valence-corrected chi connectivity index (χ2v) is 4.99. The molecule has 6 heteroatoms. The summed E-state index contributed by atoms with van der Waals surface area (Å²) in [6.45, 7) is 1.99. The minimum absolute atomic E-state index is 0.253. The van der Waals surface area contributed by atoms with Crippen LogP contribution in [0.5, 0.6) is 0 Å². The Balaban J connectivity index is 2.03. The highest BCUT2D eigenvalue weighted by molar-refractivity contribution is 6.31. The zero-order valence-electron chi connectivity index (χ0n) is 11.2. The zero-order chi connectivity index (χ0) is 14.5. The van der Waals surface area contributed by atoms with Crippen molar-refractivity contribution in [1.82, 2.24) is 14.7 Å². The normalized spacial score (nSPS) is 10.9. The minimum Gasteiger partial charge on any atom is -0.478 e. The van der Waals surface area contributed by atoms with Crippen molar-refractivity contribution < 1.29 is 9.90 Å². The lowest BCUT2D eigenvalue weighted by atomic mass is 10.1. The number of carbonyl (C=O) groups is 1. The Morgan fingerprint density at radius 2 is 2.25 bits per heavy atom. The summed E-state index contributed by atoms with van der Waals surface area (Å²) < 4.78 is 1.83. The van der Waals surface area contributed by atoms with E-state index in [0.29, 0.717) is 17.1 Å². The quantitative estimate of drug-likeness (QED) is 0.888. The summed E-state index contributed by atoms with van der Waals surface area (Å²) in [5.41, 5.74) is 0.896. The van der Waals surface area contributed by atoms with Gasteiger partial charge >= 0.3 is 5.97 Å². The molecule has 0 saturated heterocycles. The number of halogens is 1. The SMILES string of the molecule is CN(CCn1cccn1)Cc1c(Cl)cccc1C(=O)O. The van der Waals surface area contributed by atoms with Gasteiger partial charge in [0, 0.05) is 30.5 Å². The first kappa shape index (κ1) is 14.6. The van der Waals surface area contributed by atoms with Gasteiger partial charge in [-0.3, -0.25) is 4.68 Å². The van der Waals surface area contributed by atoms with Crippen molar-refractivity contribution in [1.29, 1.82) is 0 Å². The average molecular weight is 294 g/mol. The summed E-state index contributed by atoms with van der Waals surface area (Å²) in [6, 6.07) is 6.81. The molecule has 0 fully saturated rings. The lowest BCUT2D eigenvalue weighted by Crippen LogP contribution is -2.24. The second-order valence-electron chi connectivity index (χ2n) is 4.58. The Kier molecular flexibility index (Phi) is 4.76. The largest absolute Gasteiger partial charge is 0.478 e. The van der Waals surface area contributed by atoms with Gasteiger partial charge < -0.3 is 10.0 Å². The number of carboxylic acids is 1. The molecule has 2 aromatic rings. The lowest BCUT2D eigenvalue weighted by molar-refractivity contribution is 0.0694. The molecule has 0 amide bonds. The summed E-state index contributed by atoms with van der Waals surface area (Å²) in [5, 5.41) is 13.8. The third kappa shape index (κ3) is 3.59. The van der Waals surface area contributed by atoms with Gasteiger partial charge in [0.25, 0.3) is 0 Å². The van der Waals surface area contributed by atoms with Crippen molar-refractivity contribution in [3.8, 4) is 0 Å². The van der Waals surface area contributed by atoms with Crippen LogP contribution < -0.4 is 0 Å². The first-order chi connectivity index (χ1) is 9.58. The minimum atomic E-state index is -0.956. The predicted molar refractivity (Wildman–Crippen MR) is 77.0 cm³/mol. The highest BCUT2D eigenvalue weighted by Gasteiger charge is 2.14. The Hall–Kier alpha value is -1.85. The molecule has 0 spiro atoms. The van der Waals surface area contributed by atoms with Crippen LogP contribution in [0.4, 0.5) is 0 Å². The fourth-order valence-electron chi connectivity index (χ4n) is 1.97. The number of benzene rings is 1. The van der Waals surface area contributed by atoms with Crippen LogP contribution in [0.3, 0.4) is 0 Å². The van der Waals surface area contributed by atoms with Gasteiger partial charge in [-0.2, -0.15) is 5.10 Å². The monoisotopic (exact) mass is 293 g/mol. The van der Waals surface area contributed by atoms with E-state index in [9.17, 15) is 9.90 Å². The summed E-state index contributed by atoms with van der Waals surface area (Å²) in [4.78, 5) is 13.2. The van der Waals surface area contributed by atoms with E-state index >= 15 is 0 Å². The van der Waals surface area contributed by atoms with Gasteiger partial charge in [-0.1, -0.05) is 17.7 Å². The van der Waals surface area contributed by atoms with Crippen molar-refractivity contribution in [3.05, 3.63) is 52.8 Å². The number of aromatic nitrogens is 2. The van der Waals surface area contributed by atoms with Crippen LogP contribution >= 0.6 is 11.6 Å². The van der Waals surface area contributed by atoms with Gasteiger partial charge in [0.05, 0.1) is 12.1 Å². The first-order valence-electron chi connectivity index (χ1n) is 6.24. The number of hydrogen-bond acceptors (Lipinski definition) is 3. The topological polar surface area (TPSA) is 58.4 Å². The molecule has 1 heterocycles. The smallest absolute Gasteiger partial charge is 0.336 e. The van der Waals surface area contributed by atoms with Crippen LogP contribution in [0.25, 0.3) is 0 Å². The number of carboxylic acid groups (broad SMARTS) is 1. The van der Waals surface area contributed by atoms with Gasteiger partial charge in [0.1, 0.15) is 0 Å². The molecule has 20 heavy (non-hydrogen) atoms. The van der Waals surface area contributed by atoms with Crippen LogP contribution in [0.1, 0.15) is 15.9 Å². The van der Waals surface area contributed by atoms with E-state index < -0.39 is 5.97 Å². The molecule has 0 saturated carbocycles. The third-order valence-corrected chi connectivity index (χ3v) is 3.40. The Morgan fingerprint density at radius 3 is 2.90 bits per heavy atom. The molecule has 5 nitrogen and oxygen atoms in total. The van der Waals surface area contributed by atoms with E-state index in [4.69, 9.17) is 11.6 Å². The maximum absolute atomic E-state index is 11.2. The van der Waals surface area contributed by atoms with Crippen LogP contribution in [0.2, 0.25) is 5.02 Å². The standard InChI is InChI=1S/C14H16ClN3O2/c1-17(8-9-18-7-3-6-16-18)10-12-11(14(19)20)4-2-5-13(12)15/h2-7H,8-10H2,1H3,(H,19,20). The molecule has 0 aliphatic carbocycles. The number of likely N-dealkylation sites (N-methyl/N-ethyl adjacent to an activating group) is 1. The van der Waals surface area contributed by atoms with Crippen molar-refractivity contribution in [2.75, 3.05) is 13.6 Å². The average Bonchev–Trinajstić information content (AvgIpc) is 2.91. The van der Waals surface area contributed by atoms with Crippen molar-refractivity contribution in [2.45, 2.75) is 13.1 Å². The van der Waals surface area contributed by atoms with Crippen LogP contribution in [-0.2, 0) is 13.1 Å². The molecule has 2 rings (SSSR count). The molecule has 1 aromatic carbocycles. The van der Waals surface area contributed by atoms with Crippen LogP contribution in [0.15, 0.2) is 36.7 Å². The van der Waals surface area contributed by atoms with Crippen molar-refractivity contribution >= 4 is 17.6 Å². The molecule has 0 atom stereocenters. The summed E-state index contributed by atoms with van der Waals surface area (Å²) in [6.07, 6.45) is 3.63. The molecular weight excluding hydrogens is 278 g/mol. The van der Waals surface area contributed by atoms with Crippen molar-refractivity contribution in [3.63, 3.8) is 0 Å². The lowest BCUT2D eigenvalue weighted by Gasteiger charge is -2.18. The van der Waals surface area contributed by atoms with Gasteiger partial charge in [-0.05, 0) is 30.8 Å². The summed E-state index contributed by atoms with van der Waals surface area (Å²) >= 11 is 6.11. The van der Waals surface area contributed by atoms with E-state index in [0.717, 1.165) is 13.1 Å². The van der Waals surface area contributed by atoms with Crippen LogP contribution in [-0.4, -0.2) is 39.3 Å². The molecule has 1 aromatic heterocycles. The Morgan fingerprint density at radius 1 is 1.45 bits per heavy atom. The fraction of sp³-hybridized carbons (Fsp3) is 0.286. The Bertz CT molecular complexity index is 584. The number of aromatic carboxylic acids is 1. The number of rotatable bonds is 6. The molecule has 106 valence electrons. The van der Waals surface area contributed by atoms with E-state index in [2.05, 4.69) is 5.10 Å². The molecule has 0 aliphatic heterocycles. The molecule has 0 radical (unpaired) electrons. The molecule has 1 N–H and O–H groups in total. The zero-order valence-corrected chi connectivity index (χ0v) is 11.9. The highest BCUT2D eigenvalue weighted by Crippen LogP contribution is 2.21. The molecule has 0 aliphatic rings. The van der Waals surface area contributed by atoms with Crippen LogP contribution in [0, 0.1) is 0 Å². The second kappa shape index (κ2) is 6.54. The van der Waals surface area contributed by atoms with Gasteiger partial charge in [0.2, 0.25) is 0 Å². The molecular formula is C14H16ClN3O2. The van der Waals surface area contributed by atoms with Gasteiger partial charge in [-0.15, -0.1) is 0 Å². The van der Waals surface area contributed by atoms with E-state index in [1.54, 1.807) is 24.4 Å². The maximum atomic E-state index is 11.2. The summed E-state index contributed by atoms with van der Waals surface area (Å²) in [5.74, 6) is -0.956. The third-order valence-electron chi connectivity index (χ3n) is 3.05. The van der Waals surface area contributed by atoms with Crippen molar-refractivity contribution in [2.24, 2.45) is 0 Å². The highest BCUT2D eigenvalue weighted by atomic mass is 35.5. The predicted octanol–water partition coefficient (Wildman–Crippen LogP) is 2.37. The van der Waals surface area contributed by atoms with Gasteiger partial charge in [0.15, 0.2) is 0 Å². The molecule has 0 unspecified atom stereocenters. The number of nitrogens with zero attached hydrogens (tertiary/aromatic N) is 3. The summed E-state index contributed by atoms with van der Waals surface area (Å²) in [7, 11) is 1.93.